The molecule has 0 aliphatic rings. The van der Waals surface area contributed by atoms with Crippen LogP contribution < -0.4 is 5.56 Å². The third-order valence-electron chi connectivity index (χ3n) is 4.60. The van der Waals surface area contributed by atoms with E-state index in [1.54, 1.807) is 42.6 Å². The van der Waals surface area contributed by atoms with Crippen LogP contribution in [0.2, 0.25) is 5.02 Å². The first-order chi connectivity index (χ1) is 13.5. The van der Waals surface area contributed by atoms with Crippen LogP contribution in [-0.2, 0) is 6.54 Å². The van der Waals surface area contributed by atoms with E-state index in [0.717, 1.165) is 16.8 Å². The van der Waals surface area contributed by atoms with Crippen LogP contribution in [0.3, 0.4) is 0 Å². The number of fused-ring (bicyclic) bond motifs is 1. The maximum atomic E-state index is 12.7. The van der Waals surface area contributed by atoms with Crippen molar-refractivity contribution in [3.05, 3.63) is 81.7 Å². The van der Waals surface area contributed by atoms with Gasteiger partial charge in [-0.2, -0.15) is 0 Å². The topological polar surface area (TPSA) is 76.6 Å². The smallest absolute Gasteiger partial charge is 0.335 e. The van der Waals surface area contributed by atoms with E-state index in [4.69, 9.17) is 16.7 Å². The van der Waals surface area contributed by atoms with Crippen molar-refractivity contribution < 1.29 is 9.90 Å². The number of imidazole rings is 1. The van der Waals surface area contributed by atoms with Gasteiger partial charge in [0.25, 0.3) is 5.56 Å². The second-order valence-corrected chi connectivity index (χ2v) is 6.73. The van der Waals surface area contributed by atoms with Crippen LogP contribution >= 0.6 is 11.6 Å². The van der Waals surface area contributed by atoms with E-state index in [1.165, 1.54) is 10.5 Å². The molecule has 6 nitrogen and oxygen atoms in total. The Morgan fingerprint density at radius 3 is 2.32 bits per heavy atom. The first-order valence-corrected chi connectivity index (χ1v) is 9.08. The van der Waals surface area contributed by atoms with Crippen molar-refractivity contribution in [3.8, 4) is 22.5 Å². The molecule has 0 spiro atoms. The Bertz CT molecular complexity index is 1240. The number of aryl methyl sites for hydroxylation is 1. The number of aromatic carboxylic acids is 1. The maximum Gasteiger partial charge on any atom is 0.335 e. The number of nitrogens with zero attached hydrogens (tertiary/aromatic N) is 3. The summed E-state index contributed by atoms with van der Waals surface area (Å²) in [5.41, 5.74) is 3.00. The second-order valence-electron chi connectivity index (χ2n) is 6.30. The molecule has 0 saturated carbocycles. The van der Waals surface area contributed by atoms with Gasteiger partial charge in [-0.1, -0.05) is 35.9 Å². The summed E-state index contributed by atoms with van der Waals surface area (Å²) in [4.78, 5) is 28.5. The third kappa shape index (κ3) is 3.08. The highest BCUT2D eigenvalue weighted by molar-refractivity contribution is 6.30. The molecule has 0 saturated heterocycles. The minimum absolute atomic E-state index is 0.189. The van der Waals surface area contributed by atoms with Crippen LogP contribution in [0.5, 0.6) is 0 Å². The minimum Gasteiger partial charge on any atom is -0.478 e. The summed E-state index contributed by atoms with van der Waals surface area (Å²) in [7, 11) is 0. The fraction of sp³-hybridized carbons (Fsp3) is 0.0952. The Labute approximate surface area is 165 Å². The molecule has 140 valence electrons. The van der Waals surface area contributed by atoms with Gasteiger partial charge in [-0.05, 0) is 36.8 Å². The molecule has 0 bridgehead atoms. The lowest BCUT2D eigenvalue weighted by atomic mass is 10.1. The minimum atomic E-state index is -0.979. The highest BCUT2D eigenvalue weighted by atomic mass is 35.5. The van der Waals surface area contributed by atoms with Crippen molar-refractivity contribution >= 4 is 23.3 Å². The van der Waals surface area contributed by atoms with E-state index in [0.29, 0.717) is 23.0 Å². The molecule has 4 rings (SSSR count). The Balaban J connectivity index is 1.90. The maximum absolute atomic E-state index is 12.7. The zero-order chi connectivity index (χ0) is 19.8. The van der Waals surface area contributed by atoms with Gasteiger partial charge >= 0.3 is 5.97 Å². The molecule has 0 aliphatic heterocycles. The summed E-state index contributed by atoms with van der Waals surface area (Å²) in [5.74, 6) is -0.453. The van der Waals surface area contributed by atoms with Gasteiger partial charge in [-0.15, -0.1) is 0 Å². The summed E-state index contributed by atoms with van der Waals surface area (Å²) in [6, 6.07) is 15.2. The van der Waals surface area contributed by atoms with Gasteiger partial charge in [0.05, 0.1) is 17.0 Å². The molecule has 0 atom stereocenters. The van der Waals surface area contributed by atoms with E-state index in [-0.39, 0.29) is 11.1 Å². The highest BCUT2D eigenvalue weighted by Crippen LogP contribution is 2.25. The van der Waals surface area contributed by atoms with E-state index < -0.39 is 5.97 Å². The van der Waals surface area contributed by atoms with Crippen molar-refractivity contribution in [3.63, 3.8) is 0 Å². The Hall–Kier alpha value is -3.38. The lowest BCUT2D eigenvalue weighted by Crippen LogP contribution is -2.13. The molecule has 7 heteroatoms. The highest BCUT2D eigenvalue weighted by Gasteiger charge is 2.15. The molecule has 0 aliphatic carbocycles. The number of halogens is 1. The molecule has 2 aromatic heterocycles. The monoisotopic (exact) mass is 393 g/mol. The number of carboxylic acids is 1. The molecule has 0 amide bonds. The second kappa shape index (κ2) is 6.98. The van der Waals surface area contributed by atoms with Crippen LogP contribution in [0.1, 0.15) is 17.3 Å². The van der Waals surface area contributed by atoms with Gasteiger partial charge in [0.15, 0.2) is 0 Å². The van der Waals surface area contributed by atoms with Crippen molar-refractivity contribution in [1.82, 2.24) is 14.0 Å². The SMILES string of the molecule is CCn1c(-c2ccc(C(=O)O)cc2)cn2c(=O)cc(-c3ccc(Cl)cc3)nc12. The van der Waals surface area contributed by atoms with Crippen molar-refractivity contribution in [1.29, 1.82) is 0 Å². The predicted molar refractivity (Wildman–Crippen MR) is 108 cm³/mol. The van der Waals surface area contributed by atoms with Crippen LogP contribution in [0.15, 0.2) is 65.6 Å². The number of aromatic nitrogens is 3. The molecule has 28 heavy (non-hydrogen) atoms. The zero-order valence-electron chi connectivity index (χ0n) is 15.0. The average Bonchev–Trinajstić information content (AvgIpc) is 3.07. The standard InChI is InChI=1S/C21H16ClN3O3/c1-2-24-18(14-3-5-15(6-4-14)20(27)28)12-25-19(26)11-17(23-21(24)25)13-7-9-16(22)10-8-13/h3-12H,2H2,1H3,(H,27,28). The fourth-order valence-electron chi connectivity index (χ4n) is 3.18. The van der Waals surface area contributed by atoms with Gasteiger partial charge in [0.2, 0.25) is 5.78 Å². The summed E-state index contributed by atoms with van der Waals surface area (Å²) < 4.78 is 3.43. The summed E-state index contributed by atoms with van der Waals surface area (Å²) in [6.07, 6.45) is 1.73. The van der Waals surface area contributed by atoms with Crippen LogP contribution in [0.4, 0.5) is 0 Å². The van der Waals surface area contributed by atoms with E-state index in [9.17, 15) is 9.59 Å². The van der Waals surface area contributed by atoms with Crippen LogP contribution in [0, 0.1) is 0 Å². The molecular formula is C21H16ClN3O3. The molecule has 4 aromatic rings. The Morgan fingerprint density at radius 1 is 1.07 bits per heavy atom. The van der Waals surface area contributed by atoms with Crippen LogP contribution in [0.25, 0.3) is 28.3 Å². The van der Waals surface area contributed by atoms with Crippen molar-refractivity contribution in [2.24, 2.45) is 0 Å². The number of carboxylic acid groups (broad SMARTS) is 1. The molecular weight excluding hydrogens is 378 g/mol. The summed E-state index contributed by atoms with van der Waals surface area (Å²) in [5, 5.41) is 9.70. The molecule has 2 heterocycles. The van der Waals surface area contributed by atoms with Gasteiger partial charge in [-0.25, -0.2) is 9.78 Å². The normalized spacial score (nSPS) is 11.1. The van der Waals surface area contributed by atoms with Gasteiger partial charge in [-0.3, -0.25) is 9.20 Å². The number of benzene rings is 2. The molecule has 0 radical (unpaired) electrons. The molecule has 0 fully saturated rings. The fourth-order valence-corrected chi connectivity index (χ4v) is 3.31. The summed E-state index contributed by atoms with van der Waals surface area (Å²) in [6.45, 7) is 2.57. The molecule has 2 aromatic carbocycles. The third-order valence-corrected chi connectivity index (χ3v) is 4.85. The summed E-state index contributed by atoms with van der Waals surface area (Å²) >= 11 is 5.95. The first-order valence-electron chi connectivity index (χ1n) is 8.70. The lowest BCUT2D eigenvalue weighted by Gasteiger charge is -2.07. The average molecular weight is 394 g/mol. The Morgan fingerprint density at radius 2 is 1.71 bits per heavy atom. The number of hydrogen-bond donors (Lipinski definition) is 1. The van der Waals surface area contributed by atoms with E-state index in [1.807, 2.05) is 23.6 Å². The largest absolute Gasteiger partial charge is 0.478 e. The van der Waals surface area contributed by atoms with Gasteiger partial charge in [0.1, 0.15) is 0 Å². The lowest BCUT2D eigenvalue weighted by molar-refractivity contribution is 0.0697. The quantitative estimate of drug-likeness (QED) is 0.563. The van der Waals surface area contributed by atoms with Crippen molar-refractivity contribution in [2.75, 3.05) is 0 Å². The zero-order valence-corrected chi connectivity index (χ0v) is 15.7. The van der Waals surface area contributed by atoms with Crippen molar-refractivity contribution in [2.45, 2.75) is 13.5 Å². The molecule has 0 unspecified atom stereocenters. The van der Waals surface area contributed by atoms with E-state index >= 15 is 0 Å². The number of hydrogen-bond acceptors (Lipinski definition) is 3. The Kier molecular flexibility index (Phi) is 4.49. The van der Waals surface area contributed by atoms with Crippen LogP contribution in [-0.4, -0.2) is 25.0 Å². The van der Waals surface area contributed by atoms with Gasteiger partial charge in [0, 0.05) is 29.4 Å². The number of carbonyl (C=O) groups is 1. The van der Waals surface area contributed by atoms with Gasteiger partial charge < -0.3 is 9.67 Å². The number of rotatable bonds is 4. The van der Waals surface area contributed by atoms with E-state index in [2.05, 4.69) is 4.98 Å². The molecule has 1 N–H and O–H groups in total. The first kappa shape index (κ1) is 18.0. The predicted octanol–water partition coefficient (Wildman–Crippen LogP) is 4.20.